The fourth-order valence-corrected chi connectivity index (χ4v) is 2.70. The molecule has 1 fully saturated rings. The summed E-state index contributed by atoms with van der Waals surface area (Å²) in [6, 6.07) is 8.48. The van der Waals surface area contributed by atoms with Gasteiger partial charge in [0.1, 0.15) is 5.75 Å². The fourth-order valence-electron chi connectivity index (χ4n) is 2.70. The van der Waals surface area contributed by atoms with Crippen molar-refractivity contribution in [2.75, 3.05) is 39.5 Å². The van der Waals surface area contributed by atoms with E-state index in [-0.39, 0.29) is 0 Å². The molecule has 108 valence electrons. The molecule has 0 atom stereocenters. The Kier molecular flexibility index (Phi) is 4.23. The summed E-state index contributed by atoms with van der Waals surface area (Å²) in [5.74, 6) is 0.950. The van der Waals surface area contributed by atoms with Crippen LogP contribution in [0.15, 0.2) is 30.5 Å². The van der Waals surface area contributed by atoms with Gasteiger partial charge in [-0.2, -0.15) is 0 Å². The van der Waals surface area contributed by atoms with Gasteiger partial charge in [0.05, 0.1) is 19.8 Å². The summed E-state index contributed by atoms with van der Waals surface area (Å²) in [6.45, 7) is 8.66. The van der Waals surface area contributed by atoms with E-state index in [1.165, 1.54) is 10.9 Å². The minimum absolute atomic E-state index is 0.712. The van der Waals surface area contributed by atoms with Gasteiger partial charge in [0.25, 0.3) is 0 Å². The second-order valence-corrected chi connectivity index (χ2v) is 5.12. The van der Waals surface area contributed by atoms with E-state index in [4.69, 9.17) is 9.47 Å². The number of hydrogen-bond acceptors (Lipinski definition) is 3. The van der Waals surface area contributed by atoms with Crippen LogP contribution in [0.5, 0.6) is 5.75 Å². The van der Waals surface area contributed by atoms with Crippen molar-refractivity contribution in [3.63, 3.8) is 0 Å². The van der Waals surface area contributed by atoms with E-state index in [1.54, 1.807) is 0 Å². The van der Waals surface area contributed by atoms with E-state index in [0.717, 1.165) is 45.1 Å². The topological polar surface area (TPSA) is 26.6 Å². The van der Waals surface area contributed by atoms with Gasteiger partial charge in [0.2, 0.25) is 0 Å². The minimum Gasteiger partial charge on any atom is -0.494 e. The molecule has 1 aliphatic heterocycles. The van der Waals surface area contributed by atoms with Gasteiger partial charge in [-0.25, -0.2) is 0 Å². The second-order valence-electron chi connectivity index (χ2n) is 5.12. The molecule has 3 rings (SSSR count). The van der Waals surface area contributed by atoms with Crippen LogP contribution in [0, 0.1) is 0 Å². The van der Waals surface area contributed by atoms with Gasteiger partial charge in [-0.15, -0.1) is 0 Å². The van der Waals surface area contributed by atoms with Gasteiger partial charge >= 0.3 is 0 Å². The number of aromatic nitrogens is 1. The lowest BCUT2D eigenvalue weighted by molar-refractivity contribution is 0.0365. The molecule has 1 saturated heterocycles. The summed E-state index contributed by atoms with van der Waals surface area (Å²) in [6.07, 6.45) is 2.17. The molecule has 0 radical (unpaired) electrons. The Hall–Kier alpha value is -1.52. The second kappa shape index (κ2) is 6.29. The molecule has 4 nitrogen and oxygen atoms in total. The quantitative estimate of drug-likeness (QED) is 0.837. The van der Waals surface area contributed by atoms with Crippen LogP contribution in [0.1, 0.15) is 6.92 Å². The molecule has 20 heavy (non-hydrogen) atoms. The summed E-state index contributed by atoms with van der Waals surface area (Å²) in [5.41, 5.74) is 1.28. The molecule has 0 unspecified atom stereocenters. The largest absolute Gasteiger partial charge is 0.494 e. The first-order valence-electron chi connectivity index (χ1n) is 7.38. The number of nitrogens with zero attached hydrogens (tertiary/aromatic N) is 2. The fraction of sp³-hybridized carbons (Fsp3) is 0.500. The maximum absolute atomic E-state index is 5.55. The first kappa shape index (κ1) is 13.5. The number of hydrogen-bond donors (Lipinski definition) is 0. The van der Waals surface area contributed by atoms with E-state index in [9.17, 15) is 0 Å². The van der Waals surface area contributed by atoms with Crippen molar-refractivity contribution in [2.24, 2.45) is 0 Å². The van der Waals surface area contributed by atoms with Crippen LogP contribution in [0.4, 0.5) is 0 Å². The summed E-state index contributed by atoms with van der Waals surface area (Å²) in [7, 11) is 0. The minimum atomic E-state index is 0.712. The number of ether oxygens (including phenoxy) is 2. The van der Waals surface area contributed by atoms with Gasteiger partial charge in [-0.1, -0.05) is 0 Å². The van der Waals surface area contributed by atoms with Crippen LogP contribution in [0.25, 0.3) is 10.9 Å². The molecule has 1 aromatic carbocycles. The highest BCUT2D eigenvalue weighted by Gasteiger charge is 2.10. The SMILES string of the molecule is CCOc1ccc2c(ccn2CCN2CCOCC2)c1. The van der Waals surface area contributed by atoms with Crippen molar-refractivity contribution >= 4 is 10.9 Å². The van der Waals surface area contributed by atoms with Crippen LogP contribution in [-0.2, 0) is 11.3 Å². The Balaban J connectivity index is 1.68. The summed E-state index contributed by atoms with van der Waals surface area (Å²) >= 11 is 0. The molecule has 0 spiro atoms. The van der Waals surface area contributed by atoms with E-state index in [2.05, 4.69) is 39.9 Å². The first-order chi connectivity index (χ1) is 9.86. The predicted molar refractivity (Wildman–Crippen MR) is 80.4 cm³/mol. The zero-order chi connectivity index (χ0) is 13.8. The third-order valence-electron chi connectivity index (χ3n) is 3.81. The van der Waals surface area contributed by atoms with E-state index >= 15 is 0 Å². The molecule has 0 bridgehead atoms. The zero-order valence-corrected chi connectivity index (χ0v) is 12.0. The molecule has 0 N–H and O–H groups in total. The van der Waals surface area contributed by atoms with Crippen molar-refractivity contribution in [3.05, 3.63) is 30.5 Å². The van der Waals surface area contributed by atoms with Gasteiger partial charge < -0.3 is 14.0 Å². The monoisotopic (exact) mass is 274 g/mol. The van der Waals surface area contributed by atoms with Crippen LogP contribution in [-0.4, -0.2) is 48.9 Å². The first-order valence-corrected chi connectivity index (χ1v) is 7.38. The van der Waals surface area contributed by atoms with Crippen molar-refractivity contribution < 1.29 is 9.47 Å². The van der Waals surface area contributed by atoms with Crippen LogP contribution < -0.4 is 4.74 Å². The van der Waals surface area contributed by atoms with E-state index < -0.39 is 0 Å². The Bertz CT molecular complexity index is 559. The maximum Gasteiger partial charge on any atom is 0.120 e. The molecule has 0 amide bonds. The van der Waals surface area contributed by atoms with E-state index in [0.29, 0.717) is 6.61 Å². The average Bonchev–Trinajstić information content (AvgIpc) is 2.89. The van der Waals surface area contributed by atoms with Gasteiger partial charge in [0.15, 0.2) is 0 Å². The Morgan fingerprint density at radius 2 is 2.00 bits per heavy atom. The van der Waals surface area contributed by atoms with Crippen LogP contribution in [0.3, 0.4) is 0 Å². The van der Waals surface area contributed by atoms with E-state index in [1.807, 2.05) is 6.92 Å². The smallest absolute Gasteiger partial charge is 0.120 e. The predicted octanol–water partition coefficient (Wildman–Crippen LogP) is 2.37. The molecule has 0 aliphatic carbocycles. The Morgan fingerprint density at radius 1 is 1.15 bits per heavy atom. The Morgan fingerprint density at radius 3 is 2.80 bits per heavy atom. The lowest BCUT2D eigenvalue weighted by Crippen LogP contribution is -2.38. The van der Waals surface area contributed by atoms with Crippen molar-refractivity contribution in [1.82, 2.24) is 9.47 Å². The van der Waals surface area contributed by atoms with Crippen LogP contribution in [0.2, 0.25) is 0 Å². The average molecular weight is 274 g/mol. The van der Waals surface area contributed by atoms with Crippen LogP contribution >= 0.6 is 0 Å². The highest BCUT2D eigenvalue weighted by atomic mass is 16.5. The number of rotatable bonds is 5. The Labute approximate surface area is 119 Å². The number of benzene rings is 1. The van der Waals surface area contributed by atoms with Gasteiger partial charge in [0, 0.05) is 43.3 Å². The normalized spacial score (nSPS) is 16.6. The number of fused-ring (bicyclic) bond motifs is 1. The molecule has 2 aromatic rings. The van der Waals surface area contributed by atoms with Crippen molar-refractivity contribution in [2.45, 2.75) is 13.5 Å². The maximum atomic E-state index is 5.55. The summed E-state index contributed by atoms with van der Waals surface area (Å²) in [5, 5.41) is 1.25. The number of morpholine rings is 1. The lowest BCUT2D eigenvalue weighted by atomic mass is 10.2. The molecular weight excluding hydrogens is 252 g/mol. The summed E-state index contributed by atoms with van der Waals surface area (Å²) in [4.78, 5) is 2.46. The molecule has 0 saturated carbocycles. The standard InChI is InChI=1S/C16H22N2O2/c1-2-20-15-3-4-16-14(13-15)5-6-18(16)8-7-17-9-11-19-12-10-17/h3-6,13H,2,7-12H2,1H3. The lowest BCUT2D eigenvalue weighted by Gasteiger charge is -2.26. The molecule has 4 heteroatoms. The third kappa shape index (κ3) is 2.97. The summed E-state index contributed by atoms with van der Waals surface area (Å²) < 4.78 is 13.2. The van der Waals surface area contributed by atoms with Crippen molar-refractivity contribution in [1.29, 1.82) is 0 Å². The third-order valence-corrected chi connectivity index (χ3v) is 3.81. The van der Waals surface area contributed by atoms with Gasteiger partial charge in [-0.05, 0) is 31.2 Å². The molecule has 2 heterocycles. The van der Waals surface area contributed by atoms with Gasteiger partial charge in [-0.3, -0.25) is 4.90 Å². The highest BCUT2D eigenvalue weighted by Crippen LogP contribution is 2.22. The molecule has 1 aliphatic rings. The molecular formula is C16H22N2O2. The highest BCUT2D eigenvalue weighted by molar-refractivity contribution is 5.81. The zero-order valence-electron chi connectivity index (χ0n) is 12.0. The molecule has 1 aromatic heterocycles. The van der Waals surface area contributed by atoms with Crippen molar-refractivity contribution in [3.8, 4) is 5.75 Å².